The van der Waals surface area contributed by atoms with Crippen molar-refractivity contribution in [3.8, 4) is 23.6 Å². The Morgan fingerprint density at radius 1 is 0.744 bits per heavy atom. The third-order valence-corrected chi connectivity index (χ3v) is 7.27. The van der Waals surface area contributed by atoms with Crippen LogP contribution >= 0.6 is 0 Å². The van der Waals surface area contributed by atoms with Crippen molar-refractivity contribution in [1.82, 2.24) is 19.9 Å². The van der Waals surface area contributed by atoms with E-state index >= 15 is 0 Å². The Kier molecular flexibility index (Phi) is 7.41. The molecule has 0 atom stereocenters. The number of aromatic amines is 2. The SMILES string of the molecule is CCOc1ccc2[nH]cc(/C(C#N)=C(\C(=C(\C#N)c3c[nH]c4ccc(OC)cc34)c3cccnc3)c3cccnc3)c2c1. The van der Waals surface area contributed by atoms with Gasteiger partial charge in [0.2, 0.25) is 0 Å². The number of methoxy groups -OCH3 is 1. The smallest absolute Gasteiger partial charge is 0.120 e. The molecule has 4 heterocycles. The largest absolute Gasteiger partial charge is 0.497 e. The molecule has 6 aromatic rings. The fourth-order valence-corrected chi connectivity index (χ4v) is 5.35. The summed E-state index contributed by atoms with van der Waals surface area (Å²) in [7, 11) is 1.61. The van der Waals surface area contributed by atoms with Crippen LogP contribution in [-0.2, 0) is 0 Å². The number of H-pyrrole nitrogens is 2. The van der Waals surface area contributed by atoms with Gasteiger partial charge in [0.1, 0.15) is 23.6 Å². The topological polar surface area (TPSA) is 123 Å². The van der Waals surface area contributed by atoms with Crippen LogP contribution in [-0.4, -0.2) is 33.7 Å². The third-order valence-electron chi connectivity index (χ3n) is 7.27. The Balaban J connectivity index is 1.76. The number of hydrogen-bond donors (Lipinski definition) is 2. The van der Waals surface area contributed by atoms with E-state index in [1.54, 1.807) is 31.9 Å². The fraction of sp³-hybridized carbons (Fsp3) is 0.0857. The van der Waals surface area contributed by atoms with Gasteiger partial charge >= 0.3 is 0 Å². The van der Waals surface area contributed by atoms with Crippen LogP contribution in [0, 0.1) is 22.7 Å². The lowest BCUT2D eigenvalue weighted by molar-refractivity contribution is 0.341. The van der Waals surface area contributed by atoms with Gasteiger partial charge in [-0.25, -0.2) is 0 Å². The van der Waals surface area contributed by atoms with Crippen molar-refractivity contribution in [1.29, 1.82) is 10.5 Å². The lowest BCUT2D eigenvalue weighted by Gasteiger charge is -2.18. The Morgan fingerprint density at radius 2 is 1.26 bits per heavy atom. The zero-order valence-electron chi connectivity index (χ0n) is 23.6. The molecule has 0 unspecified atom stereocenters. The Labute approximate surface area is 248 Å². The van der Waals surface area contributed by atoms with Gasteiger partial charge in [0.15, 0.2) is 0 Å². The number of pyridine rings is 2. The van der Waals surface area contributed by atoms with E-state index in [0.717, 1.165) is 21.8 Å². The minimum Gasteiger partial charge on any atom is -0.497 e. The van der Waals surface area contributed by atoms with Crippen molar-refractivity contribution >= 4 is 44.1 Å². The molecule has 2 N–H and O–H groups in total. The predicted octanol–water partition coefficient (Wildman–Crippen LogP) is 7.42. The van der Waals surface area contributed by atoms with Crippen LogP contribution in [0.4, 0.5) is 0 Å². The van der Waals surface area contributed by atoms with E-state index in [4.69, 9.17) is 9.47 Å². The minimum absolute atomic E-state index is 0.369. The number of nitrogens with one attached hydrogen (secondary N) is 2. The molecule has 0 spiro atoms. The van der Waals surface area contributed by atoms with Gasteiger partial charge in [-0.1, -0.05) is 12.1 Å². The van der Waals surface area contributed by atoms with Gasteiger partial charge in [0.25, 0.3) is 0 Å². The number of benzene rings is 2. The first-order chi connectivity index (χ1) is 21.2. The summed E-state index contributed by atoms with van der Waals surface area (Å²) in [6, 6.07) is 23.8. The Bertz CT molecular complexity index is 2090. The molecular formula is C35H26N6O2. The van der Waals surface area contributed by atoms with Crippen LogP contribution in [0.5, 0.6) is 11.5 Å². The van der Waals surface area contributed by atoms with Gasteiger partial charge in [0, 0.05) is 92.4 Å². The van der Waals surface area contributed by atoms with E-state index in [0.29, 0.717) is 62.7 Å². The number of rotatable bonds is 8. The minimum atomic E-state index is 0.369. The monoisotopic (exact) mass is 562 g/mol. The molecule has 0 saturated heterocycles. The normalized spacial score (nSPS) is 12.3. The van der Waals surface area contributed by atoms with Crippen LogP contribution < -0.4 is 9.47 Å². The molecule has 6 rings (SSSR count). The molecule has 43 heavy (non-hydrogen) atoms. The van der Waals surface area contributed by atoms with Crippen molar-refractivity contribution in [2.24, 2.45) is 0 Å². The van der Waals surface area contributed by atoms with Crippen molar-refractivity contribution in [2.45, 2.75) is 6.92 Å². The average molecular weight is 563 g/mol. The first kappa shape index (κ1) is 27.1. The molecule has 0 radical (unpaired) electrons. The number of hydrogen-bond acceptors (Lipinski definition) is 6. The van der Waals surface area contributed by atoms with E-state index < -0.39 is 0 Å². The van der Waals surface area contributed by atoms with E-state index in [-0.39, 0.29) is 0 Å². The highest BCUT2D eigenvalue weighted by Crippen LogP contribution is 2.44. The van der Waals surface area contributed by atoms with Crippen LogP contribution in [0.3, 0.4) is 0 Å². The molecule has 0 aliphatic carbocycles. The second kappa shape index (κ2) is 11.8. The van der Waals surface area contributed by atoms with Gasteiger partial charge in [0.05, 0.1) is 24.9 Å². The zero-order valence-corrected chi connectivity index (χ0v) is 23.6. The Morgan fingerprint density at radius 3 is 1.70 bits per heavy atom. The summed E-state index contributed by atoms with van der Waals surface area (Å²) in [4.78, 5) is 15.3. The summed E-state index contributed by atoms with van der Waals surface area (Å²) >= 11 is 0. The molecule has 0 fully saturated rings. The van der Waals surface area contributed by atoms with Crippen molar-refractivity contribution in [2.75, 3.05) is 13.7 Å². The van der Waals surface area contributed by atoms with Crippen LogP contribution in [0.25, 0.3) is 44.1 Å². The standard InChI is InChI=1S/C35H26N6O2/c1-3-43-25-9-11-33-27(15-25)31(21-41-33)29(17-37)35(23-7-5-13-39-19-23)34(22-6-4-12-38-18-22)28(16-36)30-20-40-32-10-8-24(42-2)14-26(30)32/h4-15,18-21,40-41H,3H2,1-2H3/b34-28-,35-29-. The lowest BCUT2D eigenvalue weighted by atomic mass is 9.83. The van der Waals surface area contributed by atoms with Gasteiger partial charge < -0.3 is 19.4 Å². The summed E-state index contributed by atoms with van der Waals surface area (Å²) in [5.74, 6) is 1.36. The molecule has 208 valence electrons. The van der Waals surface area contributed by atoms with E-state index in [1.165, 1.54) is 0 Å². The summed E-state index contributed by atoms with van der Waals surface area (Å²) in [5, 5.41) is 23.4. The molecule has 0 aliphatic rings. The van der Waals surface area contributed by atoms with Crippen LogP contribution in [0.1, 0.15) is 29.2 Å². The van der Waals surface area contributed by atoms with Crippen molar-refractivity contribution in [3.05, 3.63) is 120 Å². The summed E-state index contributed by atoms with van der Waals surface area (Å²) < 4.78 is 11.3. The molecule has 0 amide bonds. The van der Waals surface area contributed by atoms with Crippen molar-refractivity contribution < 1.29 is 9.47 Å². The van der Waals surface area contributed by atoms with Gasteiger partial charge in [-0.2, -0.15) is 10.5 Å². The van der Waals surface area contributed by atoms with E-state index in [9.17, 15) is 10.5 Å². The van der Waals surface area contributed by atoms with Gasteiger partial charge in [-0.3, -0.25) is 9.97 Å². The second-order valence-electron chi connectivity index (χ2n) is 9.66. The van der Waals surface area contributed by atoms with Crippen LogP contribution in [0.2, 0.25) is 0 Å². The van der Waals surface area contributed by atoms with Gasteiger partial charge in [-0.15, -0.1) is 0 Å². The summed E-state index contributed by atoms with van der Waals surface area (Å²) in [6.07, 6.45) is 10.4. The second-order valence-corrected chi connectivity index (χ2v) is 9.66. The number of nitrogens with zero attached hydrogens (tertiary/aromatic N) is 4. The van der Waals surface area contributed by atoms with Gasteiger partial charge in [-0.05, 0) is 55.5 Å². The number of nitriles is 2. The highest BCUT2D eigenvalue weighted by molar-refractivity contribution is 6.27. The quantitative estimate of drug-likeness (QED) is 0.147. The predicted molar refractivity (Wildman–Crippen MR) is 168 cm³/mol. The molecule has 4 aromatic heterocycles. The molecule has 8 heteroatoms. The van der Waals surface area contributed by atoms with Crippen LogP contribution in [0.15, 0.2) is 97.8 Å². The zero-order chi connectivity index (χ0) is 29.8. The third kappa shape index (κ3) is 4.99. The number of allylic oxidation sites excluding steroid dienone is 4. The molecule has 0 aliphatic heterocycles. The molecular weight excluding hydrogens is 536 g/mol. The summed E-state index contributed by atoms with van der Waals surface area (Å²) in [6.45, 7) is 2.44. The maximum absolute atomic E-state index is 10.9. The maximum Gasteiger partial charge on any atom is 0.120 e. The highest BCUT2D eigenvalue weighted by Gasteiger charge is 2.25. The molecule has 8 nitrogen and oxygen atoms in total. The molecule has 2 aromatic carbocycles. The van der Waals surface area contributed by atoms with E-state index in [1.807, 2.05) is 80.0 Å². The first-order valence-electron chi connectivity index (χ1n) is 13.7. The lowest BCUT2D eigenvalue weighted by Crippen LogP contribution is -2.00. The summed E-state index contributed by atoms with van der Waals surface area (Å²) in [5.41, 5.74) is 6.26. The van der Waals surface area contributed by atoms with Crippen molar-refractivity contribution in [3.63, 3.8) is 0 Å². The maximum atomic E-state index is 10.9. The Hall–Kier alpha value is -6.12. The molecule has 0 saturated carbocycles. The first-order valence-corrected chi connectivity index (χ1v) is 13.7. The van der Waals surface area contributed by atoms with E-state index in [2.05, 4.69) is 32.1 Å². The number of aromatic nitrogens is 4. The number of fused-ring (bicyclic) bond motifs is 2. The molecule has 0 bridgehead atoms. The number of ether oxygens (including phenoxy) is 2. The highest BCUT2D eigenvalue weighted by atomic mass is 16.5. The average Bonchev–Trinajstić information content (AvgIpc) is 3.67. The fourth-order valence-electron chi connectivity index (χ4n) is 5.35.